The number of nitrogens with one attached hydrogen (secondary N) is 1. The Hall–Kier alpha value is -1.86. The molecule has 1 aliphatic carbocycles. The molecule has 25 heavy (non-hydrogen) atoms. The van der Waals surface area contributed by atoms with Gasteiger partial charge >= 0.3 is 0 Å². The van der Waals surface area contributed by atoms with Crippen molar-refractivity contribution in [1.29, 1.82) is 0 Å². The zero-order chi connectivity index (χ0) is 17.6. The minimum absolute atomic E-state index is 0.000844. The van der Waals surface area contributed by atoms with Gasteiger partial charge in [-0.3, -0.25) is 4.79 Å². The highest BCUT2D eigenvalue weighted by atomic mass is 32.2. The molecule has 1 aromatic carbocycles. The molecule has 0 spiro atoms. The van der Waals surface area contributed by atoms with E-state index in [0.717, 1.165) is 36.6 Å². The van der Waals surface area contributed by atoms with Crippen LogP contribution in [0, 0.1) is 5.92 Å². The number of carbonyl (C=O) groups is 1. The monoisotopic (exact) mass is 361 g/mol. The number of carbonyl (C=O) groups excluding carboxylic acids is 1. The molecular weight excluding hydrogens is 338 g/mol. The maximum Gasteiger partial charge on any atom is 0.243 e. The molecule has 2 aliphatic rings. The van der Waals surface area contributed by atoms with Gasteiger partial charge < -0.3 is 9.88 Å². The summed E-state index contributed by atoms with van der Waals surface area (Å²) in [5, 5.41) is 3.91. The lowest BCUT2D eigenvalue weighted by Crippen LogP contribution is -2.45. The van der Waals surface area contributed by atoms with Crippen molar-refractivity contribution < 1.29 is 13.2 Å². The van der Waals surface area contributed by atoms with Crippen LogP contribution >= 0.6 is 0 Å². The smallest absolute Gasteiger partial charge is 0.243 e. The Morgan fingerprint density at radius 3 is 2.76 bits per heavy atom. The van der Waals surface area contributed by atoms with Gasteiger partial charge in [0.1, 0.15) is 0 Å². The topological polar surface area (TPSA) is 71.4 Å². The third kappa shape index (κ3) is 3.18. The molecule has 7 heteroatoms. The molecular formula is C18H23N3O3S. The summed E-state index contributed by atoms with van der Waals surface area (Å²) in [5.41, 5.74) is 0.999. The Bertz CT molecular complexity index is 915. The third-order valence-electron chi connectivity index (χ3n) is 5.17. The molecule has 0 bridgehead atoms. The Morgan fingerprint density at radius 1 is 1.20 bits per heavy atom. The van der Waals surface area contributed by atoms with Crippen LogP contribution in [0.5, 0.6) is 0 Å². The van der Waals surface area contributed by atoms with Crippen LogP contribution in [-0.4, -0.2) is 42.3 Å². The highest BCUT2D eigenvalue weighted by Gasteiger charge is 2.35. The molecule has 6 nitrogen and oxygen atoms in total. The summed E-state index contributed by atoms with van der Waals surface area (Å²) < 4.78 is 29.5. The molecule has 4 rings (SSSR count). The maximum atomic E-state index is 13.0. The summed E-state index contributed by atoms with van der Waals surface area (Å²) in [4.78, 5) is 12.6. The van der Waals surface area contributed by atoms with E-state index in [1.807, 2.05) is 29.9 Å². The first-order valence-electron chi connectivity index (χ1n) is 8.81. The number of aryl methyl sites for hydroxylation is 1. The van der Waals surface area contributed by atoms with Gasteiger partial charge in [0.05, 0.1) is 10.8 Å². The summed E-state index contributed by atoms with van der Waals surface area (Å²) in [7, 11) is -1.64. The van der Waals surface area contributed by atoms with E-state index in [2.05, 4.69) is 5.32 Å². The Balaban J connectivity index is 1.56. The van der Waals surface area contributed by atoms with E-state index in [1.54, 1.807) is 12.1 Å². The average Bonchev–Trinajstić information content (AvgIpc) is 3.36. The standard InChI is InChI=1S/C18H23N3O3S/c1-20-10-8-13-11-16(6-7-17(13)20)25(23,24)21-9-2-3-14(12-21)18(22)19-15-4-5-15/h6-8,10-11,14-15H,2-5,9,12H2,1H3,(H,19,22)/t14-/m1/s1. The lowest BCUT2D eigenvalue weighted by atomic mass is 9.99. The third-order valence-corrected chi connectivity index (χ3v) is 7.03. The highest BCUT2D eigenvalue weighted by molar-refractivity contribution is 7.89. The lowest BCUT2D eigenvalue weighted by Gasteiger charge is -2.31. The second kappa shape index (κ2) is 6.14. The number of hydrogen-bond donors (Lipinski definition) is 1. The van der Waals surface area contributed by atoms with Crippen molar-refractivity contribution in [3.63, 3.8) is 0 Å². The summed E-state index contributed by atoms with van der Waals surface area (Å²) >= 11 is 0. The largest absolute Gasteiger partial charge is 0.353 e. The van der Waals surface area contributed by atoms with Gasteiger partial charge in [-0.1, -0.05) is 0 Å². The molecule has 0 unspecified atom stereocenters. The van der Waals surface area contributed by atoms with E-state index < -0.39 is 10.0 Å². The molecule has 134 valence electrons. The van der Waals surface area contributed by atoms with Gasteiger partial charge in [0, 0.05) is 43.3 Å². The molecule has 2 fully saturated rings. The van der Waals surface area contributed by atoms with Gasteiger partial charge in [-0.15, -0.1) is 0 Å². The van der Waals surface area contributed by atoms with Crippen LogP contribution in [0.4, 0.5) is 0 Å². The van der Waals surface area contributed by atoms with E-state index in [1.165, 1.54) is 4.31 Å². The number of sulfonamides is 1. The van der Waals surface area contributed by atoms with Crippen molar-refractivity contribution in [2.75, 3.05) is 13.1 Å². The average molecular weight is 361 g/mol. The number of piperidine rings is 1. The second-order valence-electron chi connectivity index (χ2n) is 7.13. The zero-order valence-electron chi connectivity index (χ0n) is 14.3. The molecule has 1 saturated heterocycles. The van der Waals surface area contributed by atoms with Crippen molar-refractivity contribution in [3.8, 4) is 0 Å². The highest BCUT2D eigenvalue weighted by Crippen LogP contribution is 2.27. The molecule has 1 N–H and O–H groups in total. The fourth-order valence-electron chi connectivity index (χ4n) is 3.49. The Kier molecular flexibility index (Phi) is 4.08. The minimum Gasteiger partial charge on any atom is -0.353 e. The number of nitrogens with zero attached hydrogens (tertiary/aromatic N) is 2. The van der Waals surface area contributed by atoms with Crippen molar-refractivity contribution in [2.24, 2.45) is 13.0 Å². The molecule has 2 heterocycles. The van der Waals surface area contributed by atoms with E-state index in [0.29, 0.717) is 17.5 Å². The van der Waals surface area contributed by atoms with Crippen LogP contribution in [-0.2, 0) is 21.9 Å². The van der Waals surface area contributed by atoms with Crippen LogP contribution in [0.2, 0.25) is 0 Å². The molecule has 1 saturated carbocycles. The molecule has 2 aromatic rings. The van der Waals surface area contributed by atoms with Gasteiger partial charge in [-0.05, 0) is 49.9 Å². The summed E-state index contributed by atoms with van der Waals surface area (Å²) in [6.45, 7) is 0.746. The van der Waals surface area contributed by atoms with Crippen LogP contribution < -0.4 is 5.32 Å². The van der Waals surface area contributed by atoms with Crippen molar-refractivity contribution in [3.05, 3.63) is 30.5 Å². The van der Waals surface area contributed by atoms with Crippen molar-refractivity contribution >= 4 is 26.8 Å². The molecule has 1 amide bonds. The zero-order valence-corrected chi connectivity index (χ0v) is 15.1. The van der Waals surface area contributed by atoms with Gasteiger partial charge in [-0.2, -0.15) is 4.31 Å². The summed E-state index contributed by atoms with van der Waals surface area (Å²) in [5.74, 6) is -0.245. The second-order valence-corrected chi connectivity index (χ2v) is 9.07. The summed E-state index contributed by atoms with van der Waals surface area (Å²) in [6, 6.07) is 7.43. The maximum absolute atomic E-state index is 13.0. The van der Waals surface area contributed by atoms with Gasteiger partial charge in [0.25, 0.3) is 0 Å². The van der Waals surface area contributed by atoms with E-state index >= 15 is 0 Å². The fourth-order valence-corrected chi connectivity index (χ4v) is 5.05. The molecule has 0 radical (unpaired) electrons. The van der Waals surface area contributed by atoms with Gasteiger partial charge in [0.2, 0.25) is 15.9 Å². The molecule has 1 aliphatic heterocycles. The quantitative estimate of drug-likeness (QED) is 0.903. The van der Waals surface area contributed by atoms with Crippen molar-refractivity contribution in [2.45, 2.75) is 36.6 Å². The predicted octanol–water partition coefficient (Wildman–Crippen LogP) is 1.86. The van der Waals surface area contributed by atoms with Gasteiger partial charge in [0.15, 0.2) is 0 Å². The first-order valence-corrected chi connectivity index (χ1v) is 10.2. The Labute approximate surface area is 147 Å². The number of amides is 1. The van der Waals surface area contributed by atoms with E-state index in [-0.39, 0.29) is 18.4 Å². The van der Waals surface area contributed by atoms with E-state index in [9.17, 15) is 13.2 Å². The first kappa shape index (κ1) is 16.6. The first-order chi connectivity index (χ1) is 11.9. The number of benzene rings is 1. The van der Waals surface area contributed by atoms with Crippen LogP contribution in [0.15, 0.2) is 35.4 Å². The predicted molar refractivity (Wildman–Crippen MR) is 95.6 cm³/mol. The summed E-state index contributed by atoms with van der Waals surface area (Å²) in [6.07, 6.45) is 5.47. The number of aromatic nitrogens is 1. The van der Waals surface area contributed by atoms with Crippen molar-refractivity contribution in [1.82, 2.24) is 14.2 Å². The molecule has 1 aromatic heterocycles. The SMILES string of the molecule is Cn1ccc2cc(S(=O)(=O)N3CCC[C@@H](C(=O)NC4CC4)C3)ccc21. The van der Waals surface area contributed by atoms with Crippen LogP contribution in [0.3, 0.4) is 0 Å². The fraction of sp³-hybridized carbons (Fsp3) is 0.500. The minimum atomic E-state index is -3.58. The van der Waals surface area contributed by atoms with Crippen LogP contribution in [0.1, 0.15) is 25.7 Å². The number of rotatable bonds is 4. The number of fused-ring (bicyclic) bond motifs is 1. The van der Waals surface area contributed by atoms with E-state index in [4.69, 9.17) is 0 Å². The Morgan fingerprint density at radius 2 is 2.00 bits per heavy atom. The van der Waals surface area contributed by atoms with Crippen LogP contribution in [0.25, 0.3) is 10.9 Å². The normalized spacial score (nSPS) is 22.2. The van der Waals surface area contributed by atoms with Gasteiger partial charge in [-0.25, -0.2) is 8.42 Å². The molecule has 1 atom stereocenters. The number of hydrogen-bond acceptors (Lipinski definition) is 3. The lowest BCUT2D eigenvalue weighted by molar-refractivity contribution is -0.126.